The molecule has 114 valence electrons. The lowest BCUT2D eigenvalue weighted by atomic mass is 9.81. The molecule has 0 unspecified atom stereocenters. The molecule has 1 aliphatic heterocycles. The molecule has 6 heteroatoms. The molecule has 1 aromatic carbocycles. The van der Waals surface area contributed by atoms with Gasteiger partial charge in [0.05, 0.1) is 28.1 Å². The third kappa shape index (κ3) is 1.69. The average molecular weight is 320 g/mol. The number of rotatable bonds is 2. The van der Waals surface area contributed by atoms with Crippen LogP contribution in [0.4, 0.5) is 5.69 Å². The monoisotopic (exact) mass is 319 g/mol. The summed E-state index contributed by atoms with van der Waals surface area (Å²) in [6.07, 6.45) is 3.00. The van der Waals surface area contributed by atoms with Gasteiger partial charge in [-0.3, -0.25) is 14.5 Å². The molecule has 0 spiro atoms. The first-order valence-corrected chi connectivity index (χ1v) is 7.77. The molecule has 22 heavy (non-hydrogen) atoms. The first kappa shape index (κ1) is 13.8. The number of nitrogens with zero attached hydrogens (tertiary/aromatic N) is 1. The molecule has 1 saturated heterocycles. The molecular formula is C16H14ClNO4. The summed E-state index contributed by atoms with van der Waals surface area (Å²) in [6.45, 7) is 0. The third-order valence-electron chi connectivity index (χ3n) is 5.37. The van der Waals surface area contributed by atoms with Crippen molar-refractivity contribution in [3.63, 3.8) is 0 Å². The van der Waals surface area contributed by atoms with Crippen molar-refractivity contribution in [1.29, 1.82) is 0 Å². The van der Waals surface area contributed by atoms with Crippen molar-refractivity contribution in [2.24, 2.45) is 23.7 Å². The smallest absolute Gasteiger partial charge is 0.337 e. The molecular weight excluding hydrogens is 306 g/mol. The number of benzene rings is 1. The summed E-state index contributed by atoms with van der Waals surface area (Å²) in [5.74, 6) is -1.34. The van der Waals surface area contributed by atoms with Crippen LogP contribution in [0.1, 0.15) is 29.6 Å². The number of hydrogen-bond acceptors (Lipinski definition) is 3. The van der Waals surface area contributed by atoms with Crippen LogP contribution < -0.4 is 4.90 Å². The van der Waals surface area contributed by atoms with E-state index in [1.807, 2.05) is 0 Å². The molecule has 4 atom stereocenters. The molecule has 4 rings (SSSR count). The number of carboxylic acid groups (broad SMARTS) is 1. The molecule has 2 saturated carbocycles. The zero-order chi connectivity index (χ0) is 15.6. The molecule has 1 aromatic rings. The van der Waals surface area contributed by atoms with E-state index >= 15 is 0 Å². The van der Waals surface area contributed by atoms with Crippen molar-refractivity contribution in [2.75, 3.05) is 4.90 Å². The van der Waals surface area contributed by atoms with Gasteiger partial charge in [-0.2, -0.15) is 0 Å². The number of aromatic carboxylic acids is 1. The van der Waals surface area contributed by atoms with Crippen molar-refractivity contribution >= 4 is 35.1 Å². The number of carbonyl (C=O) groups excluding carboxylic acids is 2. The van der Waals surface area contributed by atoms with Gasteiger partial charge in [-0.1, -0.05) is 11.6 Å². The molecule has 3 aliphatic rings. The molecule has 1 heterocycles. The molecule has 3 fully saturated rings. The summed E-state index contributed by atoms with van der Waals surface area (Å²) in [4.78, 5) is 37.7. The van der Waals surface area contributed by atoms with Gasteiger partial charge in [0.1, 0.15) is 0 Å². The highest BCUT2D eigenvalue weighted by atomic mass is 35.5. The second-order valence-electron chi connectivity index (χ2n) is 6.37. The predicted molar refractivity (Wildman–Crippen MR) is 78.7 cm³/mol. The topological polar surface area (TPSA) is 74.7 Å². The lowest BCUT2D eigenvalue weighted by molar-refractivity contribution is -0.123. The van der Waals surface area contributed by atoms with Crippen molar-refractivity contribution in [1.82, 2.24) is 0 Å². The van der Waals surface area contributed by atoms with Crippen molar-refractivity contribution in [3.05, 3.63) is 28.8 Å². The number of hydrogen-bond donors (Lipinski definition) is 1. The van der Waals surface area contributed by atoms with Gasteiger partial charge in [-0.15, -0.1) is 0 Å². The van der Waals surface area contributed by atoms with Crippen LogP contribution in [-0.2, 0) is 9.59 Å². The molecule has 2 aliphatic carbocycles. The maximum atomic E-state index is 12.7. The van der Waals surface area contributed by atoms with Crippen molar-refractivity contribution in [2.45, 2.75) is 19.3 Å². The lowest BCUT2D eigenvalue weighted by Crippen LogP contribution is -2.32. The predicted octanol–water partition coefficient (Wildman–Crippen LogP) is 2.57. The summed E-state index contributed by atoms with van der Waals surface area (Å²) >= 11 is 5.85. The fourth-order valence-corrected chi connectivity index (χ4v) is 4.68. The van der Waals surface area contributed by atoms with E-state index in [2.05, 4.69) is 0 Å². The van der Waals surface area contributed by atoms with Crippen LogP contribution in [0, 0.1) is 23.7 Å². The van der Waals surface area contributed by atoms with Crippen LogP contribution in [0.25, 0.3) is 0 Å². The number of halogens is 1. The number of carbonyl (C=O) groups is 3. The SMILES string of the molecule is O=C(O)c1cc(N2C(=O)[C@@H]3[C@H]4CC[C@@H](C4)[C@@H]3C2=O)ccc1Cl. The Bertz CT molecular complexity index is 688. The second-order valence-corrected chi connectivity index (χ2v) is 6.77. The molecule has 5 nitrogen and oxygen atoms in total. The minimum absolute atomic E-state index is 0.0932. The Kier molecular flexibility index (Phi) is 2.85. The van der Waals surface area contributed by atoms with Crippen LogP contribution >= 0.6 is 11.6 Å². The van der Waals surface area contributed by atoms with E-state index in [1.165, 1.54) is 23.1 Å². The average Bonchev–Trinajstić information content (AvgIpc) is 3.14. The van der Waals surface area contributed by atoms with Gasteiger partial charge in [0, 0.05) is 0 Å². The number of imide groups is 1. The Balaban J connectivity index is 1.75. The summed E-state index contributed by atoms with van der Waals surface area (Å²) in [5.41, 5.74) is 0.213. The zero-order valence-electron chi connectivity index (χ0n) is 11.7. The quantitative estimate of drug-likeness (QED) is 0.850. The minimum atomic E-state index is -1.17. The summed E-state index contributed by atoms with van der Waals surface area (Å²) in [5, 5.41) is 9.24. The first-order valence-electron chi connectivity index (χ1n) is 7.39. The Hall–Kier alpha value is -1.88. The van der Waals surface area contributed by atoms with Crippen molar-refractivity contribution in [3.8, 4) is 0 Å². The number of anilines is 1. The minimum Gasteiger partial charge on any atom is -0.478 e. The van der Waals surface area contributed by atoms with Crippen LogP contribution in [-0.4, -0.2) is 22.9 Å². The Labute approximate surface area is 131 Å². The second kappa shape index (κ2) is 4.56. The maximum Gasteiger partial charge on any atom is 0.337 e. The van der Waals surface area contributed by atoms with E-state index in [9.17, 15) is 14.4 Å². The van der Waals surface area contributed by atoms with E-state index in [4.69, 9.17) is 16.7 Å². The Morgan fingerprint density at radius 1 is 1.14 bits per heavy atom. The van der Waals surface area contributed by atoms with Gasteiger partial charge in [-0.25, -0.2) is 4.79 Å². The summed E-state index contributed by atoms with van der Waals surface area (Å²) in [7, 11) is 0. The molecule has 0 aromatic heterocycles. The van der Waals surface area contributed by atoms with E-state index in [-0.39, 0.29) is 34.2 Å². The largest absolute Gasteiger partial charge is 0.478 e. The summed E-state index contributed by atoms with van der Waals surface area (Å²) < 4.78 is 0. The number of amides is 2. The lowest BCUT2D eigenvalue weighted by Gasteiger charge is -2.19. The summed E-state index contributed by atoms with van der Waals surface area (Å²) in [6, 6.07) is 4.26. The highest BCUT2D eigenvalue weighted by Gasteiger charge is 2.61. The molecule has 0 radical (unpaired) electrons. The van der Waals surface area contributed by atoms with Gasteiger partial charge in [0.2, 0.25) is 11.8 Å². The van der Waals surface area contributed by atoms with E-state index in [1.54, 1.807) is 0 Å². The Morgan fingerprint density at radius 2 is 1.73 bits per heavy atom. The first-order chi connectivity index (χ1) is 10.5. The van der Waals surface area contributed by atoms with E-state index in [0.29, 0.717) is 17.5 Å². The van der Waals surface area contributed by atoms with Crippen LogP contribution in [0.5, 0.6) is 0 Å². The van der Waals surface area contributed by atoms with E-state index in [0.717, 1.165) is 19.3 Å². The molecule has 2 amide bonds. The number of fused-ring (bicyclic) bond motifs is 5. The fraction of sp³-hybridized carbons (Fsp3) is 0.438. The van der Waals surface area contributed by atoms with Gasteiger partial charge < -0.3 is 5.11 Å². The molecule has 2 bridgehead atoms. The van der Waals surface area contributed by atoms with Gasteiger partial charge in [-0.05, 0) is 49.3 Å². The number of carboxylic acids is 1. The highest BCUT2D eigenvalue weighted by Crippen LogP contribution is 2.56. The fourth-order valence-electron chi connectivity index (χ4n) is 4.48. The normalized spacial score (nSPS) is 32.7. The van der Waals surface area contributed by atoms with Crippen LogP contribution in [0.3, 0.4) is 0 Å². The molecule has 1 N–H and O–H groups in total. The van der Waals surface area contributed by atoms with Gasteiger partial charge in [0.25, 0.3) is 0 Å². The van der Waals surface area contributed by atoms with Gasteiger partial charge >= 0.3 is 5.97 Å². The standard InChI is InChI=1S/C16H14ClNO4/c17-11-4-3-9(6-10(11)16(21)22)18-14(19)12-7-1-2-8(5-7)13(12)15(18)20/h3-4,6-8,12-13H,1-2,5H2,(H,21,22)/t7-,8-,12-,13+/m0/s1. The highest BCUT2D eigenvalue weighted by molar-refractivity contribution is 6.34. The Morgan fingerprint density at radius 3 is 2.27 bits per heavy atom. The third-order valence-corrected chi connectivity index (χ3v) is 5.70. The van der Waals surface area contributed by atoms with Crippen LogP contribution in [0.2, 0.25) is 5.02 Å². The zero-order valence-corrected chi connectivity index (χ0v) is 12.4. The van der Waals surface area contributed by atoms with Crippen molar-refractivity contribution < 1.29 is 19.5 Å². The van der Waals surface area contributed by atoms with E-state index < -0.39 is 5.97 Å². The van der Waals surface area contributed by atoms with Crippen LogP contribution in [0.15, 0.2) is 18.2 Å². The maximum absolute atomic E-state index is 12.7. The van der Waals surface area contributed by atoms with Gasteiger partial charge in [0.15, 0.2) is 0 Å².